The van der Waals surface area contributed by atoms with Crippen molar-refractivity contribution in [2.24, 2.45) is 5.73 Å². The fraction of sp³-hybridized carbons (Fsp3) is 0.391. The average molecular weight is 468 g/mol. The number of aromatic nitrogens is 5. The lowest BCUT2D eigenvalue weighted by Crippen LogP contribution is -2.44. The third-order valence-electron chi connectivity index (χ3n) is 5.76. The number of nitrogens with two attached hydrogens (primary N) is 1. The Labute approximate surface area is 197 Å². The second-order valence-corrected chi connectivity index (χ2v) is 8.19. The lowest BCUT2D eigenvalue weighted by molar-refractivity contribution is 0.482. The van der Waals surface area contributed by atoms with E-state index >= 15 is 0 Å². The Morgan fingerprint density at radius 2 is 2.12 bits per heavy atom. The molecule has 10 heteroatoms. The van der Waals surface area contributed by atoms with Crippen LogP contribution in [0.25, 0.3) is 22.1 Å². The molecule has 1 fully saturated rings. The molecule has 4 aromatic rings. The van der Waals surface area contributed by atoms with Crippen LogP contribution in [-0.4, -0.2) is 43.4 Å². The number of halogens is 1. The van der Waals surface area contributed by atoms with Crippen molar-refractivity contribution in [2.45, 2.75) is 45.8 Å². The van der Waals surface area contributed by atoms with E-state index in [9.17, 15) is 4.79 Å². The molecule has 0 bridgehead atoms. The number of piperidine rings is 1. The number of hydrogen-bond acceptors (Lipinski definition) is 7. The van der Waals surface area contributed by atoms with E-state index < -0.39 is 0 Å². The van der Waals surface area contributed by atoms with Crippen LogP contribution in [0.3, 0.4) is 0 Å². The van der Waals surface area contributed by atoms with Gasteiger partial charge in [-0.1, -0.05) is 12.0 Å². The van der Waals surface area contributed by atoms with Crippen molar-refractivity contribution in [1.29, 1.82) is 0 Å². The quantitative estimate of drug-likeness (QED) is 0.459. The number of benzene rings is 1. The van der Waals surface area contributed by atoms with E-state index in [1.54, 1.807) is 13.1 Å². The van der Waals surface area contributed by atoms with Gasteiger partial charge in [0.1, 0.15) is 23.1 Å². The van der Waals surface area contributed by atoms with Gasteiger partial charge in [0.25, 0.3) is 5.56 Å². The molecule has 0 radical (unpaired) electrons. The minimum atomic E-state index is -0.251. The topological polar surface area (TPSA) is 108 Å². The number of nitrogens with zero attached hydrogens (tertiary/aromatic N) is 6. The molecule has 0 spiro atoms. The van der Waals surface area contributed by atoms with Crippen molar-refractivity contribution >= 4 is 40.5 Å². The first-order valence-corrected chi connectivity index (χ1v) is 10.8. The Hall–Kier alpha value is -3.35. The van der Waals surface area contributed by atoms with Crippen LogP contribution in [0.1, 0.15) is 31.2 Å². The Kier molecular flexibility index (Phi) is 6.40. The molecular formula is C23H26ClN7O2. The SMILES string of the molecule is CC#CCn1c(N2CCC[C@@H](N)C2)nc2cnn(Cc3nc4ccc(C)cc4o3)c(=O)c21.Cl. The highest BCUT2D eigenvalue weighted by Crippen LogP contribution is 2.23. The van der Waals surface area contributed by atoms with E-state index in [0.29, 0.717) is 41.5 Å². The zero-order valence-electron chi connectivity index (χ0n) is 18.6. The van der Waals surface area contributed by atoms with Crippen LogP contribution in [0, 0.1) is 18.8 Å². The van der Waals surface area contributed by atoms with Crippen LogP contribution in [0.4, 0.5) is 5.95 Å². The zero-order chi connectivity index (χ0) is 22.2. The summed E-state index contributed by atoms with van der Waals surface area (Å²) in [4.78, 5) is 24.8. The molecule has 1 aromatic carbocycles. The predicted molar refractivity (Wildman–Crippen MR) is 130 cm³/mol. The largest absolute Gasteiger partial charge is 0.439 e. The van der Waals surface area contributed by atoms with Gasteiger partial charge in [0, 0.05) is 19.1 Å². The molecule has 33 heavy (non-hydrogen) atoms. The number of hydrogen-bond donors (Lipinski definition) is 1. The fourth-order valence-electron chi connectivity index (χ4n) is 4.20. The van der Waals surface area contributed by atoms with Crippen LogP contribution < -0.4 is 16.2 Å². The first kappa shape index (κ1) is 22.8. The number of anilines is 1. The highest BCUT2D eigenvalue weighted by atomic mass is 35.5. The predicted octanol–water partition coefficient (Wildman–Crippen LogP) is 2.46. The van der Waals surface area contributed by atoms with Gasteiger partial charge in [-0.3, -0.25) is 9.36 Å². The summed E-state index contributed by atoms with van der Waals surface area (Å²) in [5.41, 5.74) is 9.50. The van der Waals surface area contributed by atoms with E-state index in [2.05, 4.69) is 26.8 Å². The molecule has 0 amide bonds. The van der Waals surface area contributed by atoms with E-state index in [-0.39, 0.29) is 30.6 Å². The van der Waals surface area contributed by atoms with Gasteiger partial charge in [-0.25, -0.2) is 14.6 Å². The number of oxazole rings is 1. The number of aryl methyl sites for hydroxylation is 1. The molecule has 172 valence electrons. The highest BCUT2D eigenvalue weighted by Gasteiger charge is 2.24. The molecule has 5 rings (SSSR count). The first-order chi connectivity index (χ1) is 15.5. The van der Waals surface area contributed by atoms with Crippen molar-refractivity contribution in [1.82, 2.24) is 24.3 Å². The second-order valence-electron chi connectivity index (χ2n) is 8.19. The van der Waals surface area contributed by atoms with Crippen molar-refractivity contribution in [3.8, 4) is 11.8 Å². The summed E-state index contributed by atoms with van der Waals surface area (Å²) in [5, 5.41) is 4.33. The minimum absolute atomic E-state index is 0. The van der Waals surface area contributed by atoms with E-state index in [1.807, 2.05) is 29.7 Å². The van der Waals surface area contributed by atoms with Gasteiger partial charge in [0.15, 0.2) is 5.58 Å². The Bertz CT molecular complexity index is 1430. The fourth-order valence-corrected chi connectivity index (χ4v) is 4.20. The van der Waals surface area contributed by atoms with Gasteiger partial charge >= 0.3 is 0 Å². The maximum atomic E-state index is 13.4. The third-order valence-corrected chi connectivity index (χ3v) is 5.76. The molecule has 4 heterocycles. The summed E-state index contributed by atoms with van der Waals surface area (Å²) in [6.45, 7) is 5.83. The molecule has 1 aliphatic heterocycles. The van der Waals surface area contributed by atoms with Gasteiger partial charge in [-0.05, 0) is 44.4 Å². The van der Waals surface area contributed by atoms with Crippen LogP contribution in [0.5, 0.6) is 0 Å². The number of rotatable bonds is 4. The molecule has 9 nitrogen and oxygen atoms in total. The van der Waals surface area contributed by atoms with Crippen molar-refractivity contribution in [2.75, 3.05) is 18.0 Å². The number of imidazole rings is 1. The number of fused-ring (bicyclic) bond motifs is 2. The molecule has 2 N–H and O–H groups in total. The summed E-state index contributed by atoms with van der Waals surface area (Å²) >= 11 is 0. The average Bonchev–Trinajstić information content (AvgIpc) is 3.35. The van der Waals surface area contributed by atoms with Gasteiger partial charge in [-0.15, -0.1) is 18.3 Å². The van der Waals surface area contributed by atoms with Gasteiger partial charge in [0.05, 0.1) is 12.7 Å². The highest BCUT2D eigenvalue weighted by molar-refractivity contribution is 5.85. The second kappa shape index (κ2) is 9.25. The molecular weight excluding hydrogens is 442 g/mol. The summed E-state index contributed by atoms with van der Waals surface area (Å²) in [6.07, 6.45) is 3.60. The lowest BCUT2D eigenvalue weighted by Gasteiger charge is -2.31. The smallest absolute Gasteiger partial charge is 0.293 e. The molecule has 0 aliphatic carbocycles. The van der Waals surface area contributed by atoms with Gasteiger partial charge in [0.2, 0.25) is 11.8 Å². The summed E-state index contributed by atoms with van der Waals surface area (Å²) in [6, 6.07) is 5.91. The van der Waals surface area contributed by atoms with Gasteiger partial charge in [-0.2, -0.15) is 5.10 Å². The van der Waals surface area contributed by atoms with Crippen molar-refractivity contribution < 1.29 is 4.42 Å². The monoisotopic (exact) mass is 467 g/mol. The Balaban J connectivity index is 0.00000259. The zero-order valence-corrected chi connectivity index (χ0v) is 19.4. The summed E-state index contributed by atoms with van der Waals surface area (Å²) in [7, 11) is 0. The standard InChI is InChI=1S/C23H25N7O2.ClH/c1-3-4-10-29-21-18(27-23(29)28-9-5-6-16(24)13-28)12-25-30(22(21)31)14-20-26-17-8-7-15(2)11-19(17)32-20;/h7-8,11-12,16H,5-6,9-10,13-14,24H2,1-2H3;1H/t16-;/m1./s1. The molecule has 0 saturated carbocycles. The molecule has 1 atom stereocenters. The van der Waals surface area contributed by atoms with Crippen LogP contribution in [0.2, 0.25) is 0 Å². The third kappa shape index (κ3) is 4.32. The van der Waals surface area contributed by atoms with Crippen molar-refractivity contribution in [3.05, 3.63) is 46.2 Å². The molecule has 1 saturated heterocycles. The maximum absolute atomic E-state index is 13.4. The molecule has 1 aliphatic rings. The van der Waals surface area contributed by atoms with Crippen LogP contribution in [-0.2, 0) is 13.1 Å². The normalized spacial score (nSPS) is 16.0. The minimum Gasteiger partial charge on any atom is -0.439 e. The first-order valence-electron chi connectivity index (χ1n) is 10.8. The van der Waals surface area contributed by atoms with E-state index in [0.717, 1.165) is 30.5 Å². The Morgan fingerprint density at radius 3 is 2.91 bits per heavy atom. The maximum Gasteiger partial charge on any atom is 0.293 e. The lowest BCUT2D eigenvalue weighted by atomic mass is 10.1. The Morgan fingerprint density at radius 1 is 1.27 bits per heavy atom. The molecule has 0 unspecified atom stereocenters. The van der Waals surface area contributed by atoms with Crippen molar-refractivity contribution in [3.63, 3.8) is 0 Å². The van der Waals surface area contributed by atoms with Crippen LogP contribution >= 0.6 is 12.4 Å². The van der Waals surface area contributed by atoms with Crippen LogP contribution in [0.15, 0.2) is 33.6 Å². The van der Waals surface area contributed by atoms with Gasteiger partial charge < -0.3 is 15.1 Å². The summed E-state index contributed by atoms with van der Waals surface area (Å²) in [5.74, 6) is 7.13. The van der Waals surface area contributed by atoms with E-state index in [1.165, 1.54) is 4.68 Å². The van der Waals surface area contributed by atoms with E-state index in [4.69, 9.17) is 15.1 Å². The molecule has 3 aromatic heterocycles. The summed E-state index contributed by atoms with van der Waals surface area (Å²) < 4.78 is 9.09.